The summed E-state index contributed by atoms with van der Waals surface area (Å²) < 4.78 is 5.08. The average Bonchev–Trinajstić information content (AvgIpc) is 2.73. The summed E-state index contributed by atoms with van der Waals surface area (Å²) in [6.45, 7) is 8.28. The second-order valence-corrected chi connectivity index (χ2v) is 5.51. The highest BCUT2D eigenvalue weighted by atomic mass is 16.5. The standard InChI is InChI=1S/C13H23N5O2/c1-9-6-10(20-18-9)7-15-12(14-5)16-8-11(19)17-13(2,3)4/h6H,7-8H2,1-5H3,(H,17,19)(H2,14,15,16). The highest BCUT2D eigenvalue weighted by molar-refractivity contribution is 5.86. The molecule has 7 heteroatoms. The van der Waals surface area contributed by atoms with Crippen molar-refractivity contribution in [2.75, 3.05) is 13.6 Å². The molecule has 0 fully saturated rings. The van der Waals surface area contributed by atoms with Gasteiger partial charge in [0, 0.05) is 18.7 Å². The van der Waals surface area contributed by atoms with Crippen LogP contribution in [0.2, 0.25) is 0 Å². The minimum Gasteiger partial charge on any atom is -0.359 e. The number of aliphatic imine (C=N–C) groups is 1. The Morgan fingerprint density at radius 1 is 1.40 bits per heavy atom. The molecule has 1 aromatic rings. The number of guanidine groups is 1. The molecule has 0 saturated heterocycles. The fourth-order valence-electron chi connectivity index (χ4n) is 1.52. The van der Waals surface area contributed by atoms with Crippen LogP contribution in [0.25, 0.3) is 0 Å². The number of hydrogen-bond acceptors (Lipinski definition) is 4. The van der Waals surface area contributed by atoms with Crippen LogP contribution in [0.15, 0.2) is 15.6 Å². The van der Waals surface area contributed by atoms with Gasteiger partial charge in [-0.3, -0.25) is 9.79 Å². The van der Waals surface area contributed by atoms with E-state index in [0.717, 1.165) is 5.69 Å². The molecule has 3 N–H and O–H groups in total. The van der Waals surface area contributed by atoms with Crippen LogP contribution >= 0.6 is 0 Å². The van der Waals surface area contributed by atoms with E-state index < -0.39 is 0 Å². The van der Waals surface area contributed by atoms with Crippen molar-refractivity contribution in [1.29, 1.82) is 0 Å². The van der Waals surface area contributed by atoms with Crippen LogP contribution in [0.5, 0.6) is 0 Å². The van der Waals surface area contributed by atoms with Crippen LogP contribution in [-0.4, -0.2) is 36.2 Å². The SMILES string of the molecule is CN=C(NCC(=O)NC(C)(C)C)NCc1cc(C)no1. The zero-order valence-electron chi connectivity index (χ0n) is 12.7. The maximum Gasteiger partial charge on any atom is 0.239 e. The van der Waals surface area contributed by atoms with Crippen molar-refractivity contribution in [2.45, 2.75) is 39.8 Å². The first-order chi connectivity index (χ1) is 9.30. The normalized spacial score (nSPS) is 12.2. The number of nitrogens with zero attached hydrogens (tertiary/aromatic N) is 2. The summed E-state index contributed by atoms with van der Waals surface area (Å²) in [6, 6.07) is 1.84. The molecular formula is C13H23N5O2. The second kappa shape index (κ2) is 6.93. The molecular weight excluding hydrogens is 258 g/mol. The molecule has 0 aliphatic rings. The number of aromatic nitrogens is 1. The number of carbonyl (C=O) groups is 1. The van der Waals surface area contributed by atoms with Crippen molar-refractivity contribution in [1.82, 2.24) is 21.1 Å². The lowest BCUT2D eigenvalue weighted by atomic mass is 10.1. The Morgan fingerprint density at radius 3 is 2.60 bits per heavy atom. The van der Waals surface area contributed by atoms with E-state index in [1.54, 1.807) is 7.05 Å². The third-order valence-electron chi connectivity index (χ3n) is 2.26. The first-order valence-corrected chi connectivity index (χ1v) is 6.48. The van der Waals surface area contributed by atoms with Gasteiger partial charge in [0.1, 0.15) is 0 Å². The summed E-state index contributed by atoms with van der Waals surface area (Å²) in [7, 11) is 1.64. The Balaban J connectivity index is 2.35. The van der Waals surface area contributed by atoms with Gasteiger partial charge in [0.15, 0.2) is 11.7 Å². The number of nitrogens with one attached hydrogen (secondary N) is 3. The molecule has 7 nitrogen and oxygen atoms in total. The lowest BCUT2D eigenvalue weighted by Crippen LogP contribution is -2.48. The quantitative estimate of drug-likeness (QED) is 0.554. The maximum atomic E-state index is 11.7. The van der Waals surface area contributed by atoms with E-state index in [2.05, 4.69) is 26.1 Å². The van der Waals surface area contributed by atoms with E-state index in [-0.39, 0.29) is 18.0 Å². The minimum atomic E-state index is -0.243. The zero-order valence-corrected chi connectivity index (χ0v) is 12.7. The topological polar surface area (TPSA) is 91.5 Å². The monoisotopic (exact) mass is 281 g/mol. The third-order valence-corrected chi connectivity index (χ3v) is 2.26. The van der Waals surface area contributed by atoms with Crippen LogP contribution in [0.4, 0.5) is 0 Å². The molecule has 1 aromatic heterocycles. The van der Waals surface area contributed by atoms with Crippen LogP contribution < -0.4 is 16.0 Å². The number of rotatable bonds is 4. The lowest BCUT2D eigenvalue weighted by molar-refractivity contribution is -0.121. The van der Waals surface area contributed by atoms with E-state index in [9.17, 15) is 4.79 Å². The molecule has 1 heterocycles. The Hall–Kier alpha value is -2.05. The average molecular weight is 281 g/mol. The van der Waals surface area contributed by atoms with Crippen molar-refractivity contribution in [3.8, 4) is 0 Å². The van der Waals surface area contributed by atoms with Crippen molar-refractivity contribution in [2.24, 2.45) is 4.99 Å². The van der Waals surface area contributed by atoms with Gasteiger partial charge >= 0.3 is 0 Å². The number of aryl methyl sites for hydroxylation is 1. The van der Waals surface area contributed by atoms with E-state index in [4.69, 9.17) is 4.52 Å². The lowest BCUT2D eigenvalue weighted by Gasteiger charge is -2.21. The highest BCUT2D eigenvalue weighted by Gasteiger charge is 2.13. The molecule has 112 valence electrons. The summed E-state index contributed by atoms with van der Waals surface area (Å²) >= 11 is 0. The molecule has 0 aliphatic carbocycles. The van der Waals surface area contributed by atoms with Crippen LogP contribution in [-0.2, 0) is 11.3 Å². The number of hydrogen-bond donors (Lipinski definition) is 3. The van der Waals surface area contributed by atoms with Crippen LogP contribution in [0.1, 0.15) is 32.2 Å². The Kier molecular flexibility index (Phi) is 5.54. The first-order valence-electron chi connectivity index (χ1n) is 6.48. The molecule has 1 rings (SSSR count). The summed E-state index contributed by atoms with van der Waals surface area (Å²) in [4.78, 5) is 15.7. The molecule has 1 amide bonds. The summed E-state index contributed by atoms with van der Waals surface area (Å²) in [6.07, 6.45) is 0. The first kappa shape index (κ1) is 16.0. The summed E-state index contributed by atoms with van der Waals surface area (Å²) in [5, 5.41) is 12.6. The van der Waals surface area contributed by atoms with Gasteiger partial charge in [-0.2, -0.15) is 0 Å². The fraction of sp³-hybridized carbons (Fsp3) is 0.615. The molecule has 20 heavy (non-hydrogen) atoms. The molecule has 0 unspecified atom stereocenters. The third kappa shape index (κ3) is 6.21. The van der Waals surface area contributed by atoms with E-state index in [0.29, 0.717) is 18.3 Å². The summed E-state index contributed by atoms with van der Waals surface area (Å²) in [5.41, 5.74) is 0.585. The van der Waals surface area contributed by atoms with Gasteiger partial charge in [0.2, 0.25) is 5.91 Å². The van der Waals surface area contributed by atoms with Crippen molar-refractivity contribution in [3.05, 3.63) is 17.5 Å². The molecule has 0 radical (unpaired) electrons. The number of amides is 1. The predicted molar refractivity (Wildman–Crippen MR) is 77.3 cm³/mol. The van der Waals surface area contributed by atoms with E-state index in [1.165, 1.54) is 0 Å². The fourth-order valence-corrected chi connectivity index (χ4v) is 1.52. The van der Waals surface area contributed by atoms with Crippen LogP contribution in [0.3, 0.4) is 0 Å². The van der Waals surface area contributed by atoms with Gasteiger partial charge in [-0.15, -0.1) is 0 Å². The minimum absolute atomic E-state index is 0.0871. The zero-order chi connectivity index (χ0) is 15.2. The Labute approximate surface area is 119 Å². The van der Waals surface area contributed by atoms with Crippen molar-refractivity contribution >= 4 is 11.9 Å². The molecule has 0 saturated carbocycles. The van der Waals surface area contributed by atoms with E-state index in [1.807, 2.05) is 33.8 Å². The van der Waals surface area contributed by atoms with Gasteiger partial charge in [-0.05, 0) is 27.7 Å². The highest BCUT2D eigenvalue weighted by Crippen LogP contribution is 2.00. The van der Waals surface area contributed by atoms with Gasteiger partial charge in [0.05, 0.1) is 18.8 Å². The maximum absolute atomic E-state index is 11.7. The van der Waals surface area contributed by atoms with Gasteiger partial charge in [-0.25, -0.2) is 0 Å². The Bertz CT molecular complexity index is 473. The van der Waals surface area contributed by atoms with Crippen molar-refractivity contribution in [3.63, 3.8) is 0 Å². The van der Waals surface area contributed by atoms with Crippen LogP contribution in [0, 0.1) is 6.92 Å². The van der Waals surface area contributed by atoms with Crippen molar-refractivity contribution < 1.29 is 9.32 Å². The molecule has 0 spiro atoms. The molecule has 0 atom stereocenters. The second-order valence-electron chi connectivity index (χ2n) is 5.51. The number of carbonyl (C=O) groups excluding carboxylic acids is 1. The van der Waals surface area contributed by atoms with Gasteiger partial charge in [0.25, 0.3) is 0 Å². The molecule has 0 aromatic carbocycles. The van der Waals surface area contributed by atoms with E-state index >= 15 is 0 Å². The van der Waals surface area contributed by atoms with Gasteiger partial charge in [-0.1, -0.05) is 5.16 Å². The smallest absolute Gasteiger partial charge is 0.239 e. The largest absolute Gasteiger partial charge is 0.359 e. The molecule has 0 bridgehead atoms. The predicted octanol–water partition coefficient (Wildman–Crippen LogP) is 0.563. The molecule has 0 aliphatic heterocycles. The Morgan fingerprint density at radius 2 is 2.10 bits per heavy atom. The van der Waals surface area contributed by atoms with Gasteiger partial charge < -0.3 is 20.5 Å². The summed E-state index contributed by atoms with van der Waals surface area (Å²) in [5.74, 6) is 1.16.